The Kier molecular flexibility index (Phi) is 3.07. The molecule has 5 heteroatoms. The van der Waals surface area contributed by atoms with Crippen LogP contribution in [0.2, 0.25) is 0 Å². The lowest BCUT2D eigenvalue weighted by molar-refractivity contribution is 0.0690. The highest BCUT2D eigenvalue weighted by Crippen LogP contribution is 2.50. The Labute approximate surface area is 105 Å². The molecule has 1 amide bonds. The first kappa shape index (κ1) is 12.5. The Hall–Kier alpha value is -1.91. The number of carboxylic acid groups (broad SMARTS) is 1. The van der Waals surface area contributed by atoms with Crippen molar-refractivity contribution < 1.29 is 14.7 Å². The molecule has 0 aliphatic heterocycles. The van der Waals surface area contributed by atoms with E-state index in [-0.39, 0.29) is 16.7 Å². The predicted octanol–water partition coefficient (Wildman–Crippen LogP) is 1.56. The number of pyridine rings is 1. The quantitative estimate of drug-likeness (QED) is 0.847. The number of rotatable bonds is 4. The van der Waals surface area contributed by atoms with Crippen molar-refractivity contribution in [1.29, 1.82) is 0 Å². The molecule has 1 heterocycles. The lowest BCUT2D eigenvalue weighted by Gasteiger charge is -2.07. The van der Waals surface area contributed by atoms with Crippen molar-refractivity contribution in [3.8, 4) is 0 Å². The third kappa shape index (κ3) is 2.50. The maximum absolute atomic E-state index is 11.9. The Morgan fingerprint density at radius 1 is 1.56 bits per heavy atom. The van der Waals surface area contributed by atoms with Crippen LogP contribution in [0.1, 0.15) is 41.1 Å². The van der Waals surface area contributed by atoms with Crippen molar-refractivity contribution in [3.63, 3.8) is 0 Å². The number of nitrogens with one attached hydrogen (secondary N) is 1. The van der Waals surface area contributed by atoms with Crippen LogP contribution >= 0.6 is 0 Å². The van der Waals surface area contributed by atoms with E-state index in [9.17, 15) is 9.59 Å². The van der Waals surface area contributed by atoms with E-state index in [2.05, 4.69) is 24.1 Å². The average Bonchev–Trinajstić information content (AvgIpc) is 2.94. The van der Waals surface area contributed by atoms with Gasteiger partial charge in [0.15, 0.2) is 0 Å². The third-order valence-electron chi connectivity index (χ3n) is 3.48. The van der Waals surface area contributed by atoms with Gasteiger partial charge in [-0.2, -0.15) is 0 Å². The summed E-state index contributed by atoms with van der Waals surface area (Å²) in [5.74, 6) is -1.09. The van der Waals surface area contributed by atoms with Gasteiger partial charge in [0, 0.05) is 12.7 Å². The van der Waals surface area contributed by atoms with Gasteiger partial charge in [0.1, 0.15) is 5.69 Å². The maximum atomic E-state index is 11.9. The van der Waals surface area contributed by atoms with Gasteiger partial charge in [-0.15, -0.1) is 0 Å². The van der Waals surface area contributed by atoms with Crippen LogP contribution in [0.3, 0.4) is 0 Å². The van der Waals surface area contributed by atoms with Crippen molar-refractivity contribution >= 4 is 11.9 Å². The normalized spacial score (nSPS) is 20.2. The van der Waals surface area contributed by atoms with E-state index in [4.69, 9.17) is 5.11 Å². The second kappa shape index (κ2) is 4.40. The molecule has 1 unspecified atom stereocenters. The number of aromatic carboxylic acids is 1. The van der Waals surface area contributed by atoms with Gasteiger partial charge < -0.3 is 10.4 Å². The lowest BCUT2D eigenvalue weighted by Crippen LogP contribution is -2.29. The van der Waals surface area contributed by atoms with Crippen LogP contribution in [0.25, 0.3) is 0 Å². The lowest BCUT2D eigenvalue weighted by atomic mass is 10.1. The number of hydrogen-bond donors (Lipinski definition) is 2. The van der Waals surface area contributed by atoms with Crippen molar-refractivity contribution in [2.45, 2.75) is 20.3 Å². The summed E-state index contributed by atoms with van der Waals surface area (Å²) in [6.45, 7) is 4.86. The molecule has 1 saturated carbocycles. The summed E-state index contributed by atoms with van der Waals surface area (Å²) in [5.41, 5.74) is 0.195. The third-order valence-corrected chi connectivity index (χ3v) is 3.48. The molecule has 2 N–H and O–H groups in total. The smallest absolute Gasteiger partial charge is 0.338 e. The Balaban J connectivity index is 2.03. The van der Waals surface area contributed by atoms with E-state index in [1.54, 1.807) is 0 Å². The molecule has 18 heavy (non-hydrogen) atoms. The molecular formula is C13H16N2O3. The average molecular weight is 248 g/mol. The highest BCUT2D eigenvalue weighted by atomic mass is 16.4. The molecule has 0 saturated heterocycles. The molecule has 0 spiro atoms. The van der Waals surface area contributed by atoms with Crippen LogP contribution in [0.4, 0.5) is 0 Å². The van der Waals surface area contributed by atoms with E-state index in [1.807, 2.05) is 0 Å². The van der Waals surface area contributed by atoms with Crippen LogP contribution in [-0.2, 0) is 0 Å². The molecule has 1 aliphatic rings. The molecule has 0 radical (unpaired) electrons. The van der Waals surface area contributed by atoms with Gasteiger partial charge in [-0.05, 0) is 29.9 Å². The van der Waals surface area contributed by atoms with Gasteiger partial charge >= 0.3 is 5.97 Å². The van der Waals surface area contributed by atoms with Crippen molar-refractivity contribution in [3.05, 3.63) is 29.6 Å². The summed E-state index contributed by atoms with van der Waals surface area (Å²) in [7, 11) is 0. The van der Waals surface area contributed by atoms with Crippen LogP contribution in [0.5, 0.6) is 0 Å². The molecule has 0 bridgehead atoms. The summed E-state index contributed by atoms with van der Waals surface area (Å²) in [4.78, 5) is 26.7. The number of amides is 1. The second-order valence-corrected chi connectivity index (χ2v) is 5.30. The second-order valence-electron chi connectivity index (χ2n) is 5.30. The van der Waals surface area contributed by atoms with Crippen LogP contribution in [0.15, 0.2) is 18.3 Å². The summed E-state index contributed by atoms with van der Waals surface area (Å²) >= 11 is 0. The Bertz CT molecular complexity index is 497. The maximum Gasteiger partial charge on any atom is 0.338 e. The molecule has 0 aromatic carbocycles. The first-order valence-electron chi connectivity index (χ1n) is 5.88. The zero-order valence-corrected chi connectivity index (χ0v) is 10.4. The first-order valence-corrected chi connectivity index (χ1v) is 5.88. The van der Waals surface area contributed by atoms with E-state index >= 15 is 0 Å². The standard InChI is InChI=1S/C13H16N2O3/c1-13(2)6-8(13)7-15-11(16)10-9(12(17)18)4-3-5-14-10/h3-5,8H,6-7H2,1-2H3,(H,15,16)(H,17,18). The largest absolute Gasteiger partial charge is 0.478 e. The summed E-state index contributed by atoms with van der Waals surface area (Å²) < 4.78 is 0. The van der Waals surface area contributed by atoms with Crippen LogP contribution < -0.4 is 5.32 Å². The van der Waals surface area contributed by atoms with E-state index in [0.29, 0.717) is 12.5 Å². The molecule has 96 valence electrons. The molecular weight excluding hydrogens is 232 g/mol. The fraction of sp³-hybridized carbons (Fsp3) is 0.462. The fourth-order valence-electron chi connectivity index (χ4n) is 1.98. The SMILES string of the molecule is CC1(C)CC1CNC(=O)c1ncccc1C(=O)O. The zero-order valence-electron chi connectivity index (χ0n) is 10.4. The molecule has 1 fully saturated rings. The van der Waals surface area contributed by atoms with Gasteiger partial charge in [-0.3, -0.25) is 9.78 Å². The Morgan fingerprint density at radius 3 is 2.78 bits per heavy atom. The minimum Gasteiger partial charge on any atom is -0.478 e. The van der Waals surface area contributed by atoms with E-state index < -0.39 is 11.9 Å². The highest BCUT2D eigenvalue weighted by Gasteiger charge is 2.45. The molecule has 1 aromatic rings. The molecule has 5 nitrogen and oxygen atoms in total. The van der Waals surface area contributed by atoms with Gasteiger partial charge in [-0.25, -0.2) is 4.79 Å². The van der Waals surface area contributed by atoms with Crippen molar-refractivity contribution in [2.75, 3.05) is 6.54 Å². The highest BCUT2D eigenvalue weighted by molar-refractivity contribution is 6.03. The van der Waals surface area contributed by atoms with E-state index in [1.165, 1.54) is 18.3 Å². The molecule has 2 rings (SSSR count). The molecule has 1 aromatic heterocycles. The molecule has 1 aliphatic carbocycles. The van der Waals surface area contributed by atoms with Gasteiger partial charge in [0.2, 0.25) is 0 Å². The number of carbonyl (C=O) groups is 2. The predicted molar refractivity (Wildman–Crippen MR) is 65.4 cm³/mol. The van der Waals surface area contributed by atoms with Crippen molar-refractivity contribution in [1.82, 2.24) is 10.3 Å². The zero-order chi connectivity index (χ0) is 13.3. The topological polar surface area (TPSA) is 79.3 Å². The van der Waals surface area contributed by atoms with E-state index in [0.717, 1.165) is 6.42 Å². The number of nitrogens with zero attached hydrogens (tertiary/aromatic N) is 1. The summed E-state index contributed by atoms with van der Waals surface area (Å²) in [5, 5.41) is 11.7. The van der Waals surface area contributed by atoms with Gasteiger partial charge in [0.25, 0.3) is 5.91 Å². The number of aromatic nitrogens is 1. The van der Waals surface area contributed by atoms with Crippen molar-refractivity contribution in [2.24, 2.45) is 11.3 Å². The van der Waals surface area contributed by atoms with Gasteiger partial charge in [-0.1, -0.05) is 13.8 Å². The number of carboxylic acids is 1. The fourth-order valence-corrected chi connectivity index (χ4v) is 1.98. The first-order chi connectivity index (χ1) is 8.42. The minimum atomic E-state index is -1.14. The monoisotopic (exact) mass is 248 g/mol. The summed E-state index contributed by atoms with van der Waals surface area (Å²) in [6.07, 6.45) is 2.50. The minimum absolute atomic E-state index is 0.0246. The van der Waals surface area contributed by atoms with Crippen LogP contribution in [0, 0.1) is 11.3 Å². The number of hydrogen-bond acceptors (Lipinski definition) is 3. The van der Waals surface area contributed by atoms with Crippen LogP contribution in [-0.4, -0.2) is 28.5 Å². The molecule has 1 atom stereocenters. The Morgan fingerprint density at radius 2 is 2.22 bits per heavy atom. The number of carbonyl (C=O) groups excluding carboxylic acids is 1. The summed E-state index contributed by atoms with van der Waals surface area (Å²) in [6, 6.07) is 2.88. The van der Waals surface area contributed by atoms with Gasteiger partial charge in [0.05, 0.1) is 5.56 Å².